The topological polar surface area (TPSA) is 75.3 Å². The fourth-order valence-electron chi connectivity index (χ4n) is 1.89. The van der Waals surface area contributed by atoms with Crippen LogP contribution in [-0.2, 0) is 0 Å². The molecule has 6 heteroatoms. The first-order chi connectivity index (χ1) is 9.90. The Hall–Kier alpha value is -2.47. The molecule has 0 saturated carbocycles. The second-order valence-corrected chi connectivity index (χ2v) is 4.90. The zero-order valence-electron chi connectivity index (χ0n) is 11.2. The molecule has 0 aliphatic heterocycles. The van der Waals surface area contributed by atoms with E-state index in [4.69, 9.17) is 18.0 Å². The summed E-state index contributed by atoms with van der Waals surface area (Å²) in [6.45, 7) is 1.63. The average molecular weight is 304 g/mol. The van der Waals surface area contributed by atoms with Gasteiger partial charge in [-0.2, -0.15) is 0 Å². The summed E-state index contributed by atoms with van der Waals surface area (Å²) in [5.74, 6) is -0.909. The van der Waals surface area contributed by atoms with Gasteiger partial charge in [-0.15, -0.1) is 0 Å². The zero-order chi connectivity index (χ0) is 15.6. The molecule has 4 N–H and O–H groups in total. The van der Waals surface area contributed by atoms with Crippen LogP contribution in [0.25, 0.3) is 0 Å². The van der Waals surface area contributed by atoms with Gasteiger partial charge in [0.1, 0.15) is 16.6 Å². The van der Waals surface area contributed by atoms with E-state index in [0.29, 0.717) is 16.8 Å². The number of hydrogen-bond donors (Lipinski definition) is 3. The highest BCUT2D eigenvalue weighted by molar-refractivity contribution is 7.80. The summed E-state index contributed by atoms with van der Waals surface area (Å²) in [6, 6.07) is 8.38. The summed E-state index contributed by atoms with van der Waals surface area (Å²) in [5.41, 5.74) is 6.85. The van der Waals surface area contributed by atoms with Crippen molar-refractivity contribution >= 4 is 28.8 Å². The Balaban J connectivity index is 2.36. The second-order valence-electron chi connectivity index (χ2n) is 4.46. The minimum Gasteiger partial charge on any atom is -0.508 e. The summed E-state index contributed by atoms with van der Waals surface area (Å²) < 4.78 is 13.2. The van der Waals surface area contributed by atoms with Gasteiger partial charge in [0.2, 0.25) is 0 Å². The fourth-order valence-corrected chi connectivity index (χ4v) is 2.06. The molecule has 0 aliphatic carbocycles. The number of nitrogens with two attached hydrogens (primary N) is 1. The molecule has 4 nitrogen and oxygen atoms in total. The molecule has 0 heterocycles. The summed E-state index contributed by atoms with van der Waals surface area (Å²) >= 11 is 4.85. The van der Waals surface area contributed by atoms with Crippen LogP contribution in [0.15, 0.2) is 36.4 Å². The van der Waals surface area contributed by atoms with Crippen molar-refractivity contribution in [2.75, 3.05) is 5.32 Å². The lowest BCUT2D eigenvalue weighted by atomic mass is 10.1. The van der Waals surface area contributed by atoms with E-state index in [0.717, 1.165) is 6.07 Å². The molecule has 0 unspecified atom stereocenters. The smallest absolute Gasteiger partial charge is 0.256 e. The van der Waals surface area contributed by atoms with Crippen molar-refractivity contribution in [2.24, 2.45) is 5.73 Å². The molecule has 0 aliphatic rings. The first-order valence-corrected chi connectivity index (χ1v) is 6.50. The molecule has 2 rings (SSSR count). The maximum absolute atomic E-state index is 13.2. The van der Waals surface area contributed by atoms with E-state index >= 15 is 0 Å². The molecule has 0 saturated heterocycles. The van der Waals surface area contributed by atoms with E-state index in [2.05, 4.69) is 5.32 Å². The molecule has 0 bridgehead atoms. The van der Waals surface area contributed by atoms with E-state index in [1.54, 1.807) is 19.1 Å². The number of rotatable bonds is 3. The van der Waals surface area contributed by atoms with Crippen molar-refractivity contribution in [2.45, 2.75) is 6.92 Å². The van der Waals surface area contributed by atoms with Crippen LogP contribution in [0.1, 0.15) is 21.5 Å². The van der Waals surface area contributed by atoms with Crippen LogP contribution < -0.4 is 11.1 Å². The Bertz CT molecular complexity index is 732. The number of benzene rings is 2. The Labute approximate surface area is 126 Å². The first-order valence-electron chi connectivity index (χ1n) is 6.09. The number of phenolic OH excluding ortho intramolecular Hbond substituents is 1. The van der Waals surface area contributed by atoms with Crippen molar-refractivity contribution in [3.8, 4) is 5.75 Å². The van der Waals surface area contributed by atoms with Crippen molar-refractivity contribution < 1.29 is 14.3 Å². The van der Waals surface area contributed by atoms with Crippen molar-refractivity contribution in [1.29, 1.82) is 0 Å². The summed E-state index contributed by atoms with van der Waals surface area (Å²) in [7, 11) is 0. The minimum absolute atomic E-state index is 0.0163. The number of carbonyl (C=O) groups excluding carboxylic acids is 1. The van der Waals surface area contributed by atoms with Gasteiger partial charge in [-0.05, 0) is 37.3 Å². The number of thiocarbonyl (C=S) groups is 1. The average Bonchev–Trinajstić information content (AvgIpc) is 2.43. The molecule has 1 amide bonds. The third kappa shape index (κ3) is 3.17. The fraction of sp³-hybridized carbons (Fsp3) is 0.0667. The maximum atomic E-state index is 13.2. The van der Waals surface area contributed by atoms with Crippen LogP contribution in [0.2, 0.25) is 0 Å². The summed E-state index contributed by atoms with van der Waals surface area (Å²) in [4.78, 5) is 12.2. The Morgan fingerprint density at radius 1 is 1.29 bits per heavy atom. The van der Waals surface area contributed by atoms with Crippen LogP contribution in [0.5, 0.6) is 5.75 Å². The molecule has 0 aromatic heterocycles. The maximum Gasteiger partial charge on any atom is 0.256 e. The lowest BCUT2D eigenvalue weighted by Gasteiger charge is -2.12. The van der Waals surface area contributed by atoms with E-state index in [9.17, 15) is 14.3 Å². The molecule has 0 atom stereocenters. The van der Waals surface area contributed by atoms with Gasteiger partial charge in [-0.25, -0.2) is 4.39 Å². The number of phenols is 1. The van der Waals surface area contributed by atoms with E-state index in [-0.39, 0.29) is 16.3 Å². The predicted molar refractivity (Wildman–Crippen MR) is 83.1 cm³/mol. The quantitative estimate of drug-likeness (QED) is 0.762. The number of halogens is 1. The second kappa shape index (κ2) is 5.88. The van der Waals surface area contributed by atoms with Gasteiger partial charge in [-0.3, -0.25) is 4.79 Å². The number of anilines is 1. The number of carbonyl (C=O) groups is 1. The first kappa shape index (κ1) is 14.9. The molecule has 0 spiro atoms. The van der Waals surface area contributed by atoms with Crippen LogP contribution in [0, 0.1) is 12.7 Å². The van der Waals surface area contributed by atoms with Crippen molar-refractivity contribution in [3.05, 3.63) is 58.9 Å². The number of hydrogen-bond acceptors (Lipinski definition) is 3. The molecule has 21 heavy (non-hydrogen) atoms. The van der Waals surface area contributed by atoms with Gasteiger partial charge in [0.25, 0.3) is 5.91 Å². The highest BCUT2D eigenvalue weighted by Gasteiger charge is 2.14. The normalized spacial score (nSPS) is 10.2. The monoisotopic (exact) mass is 304 g/mol. The number of nitrogens with one attached hydrogen (secondary N) is 1. The van der Waals surface area contributed by atoms with E-state index in [1.165, 1.54) is 18.2 Å². The minimum atomic E-state index is -0.496. The Morgan fingerprint density at radius 2 is 2.00 bits per heavy atom. The lowest BCUT2D eigenvalue weighted by molar-refractivity contribution is 0.102. The summed E-state index contributed by atoms with van der Waals surface area (Å²) in [5, 5.41) is 12.2. The van der Waals surface area contributed by atoms with Crippen LogP contribution in [0.3, 0.4) is 0 Å². The predicted octanol–water partition coefficient (Wildman–Crippen LogP) is 2.73. The van der Waals surface area contributed by atoms with E-state index in [1.807, 2.05) is 0 Å². The standard InChI is InChI=1S/C15H13FN2O2S/c1-8-10(3-2-4-13(8)19)15(20)18-12-6-5-9(16)7-11(12)14(17)21/h2-7,19H,1H3,(H2,17,21)(H,18,20). The Morgan fingerprint density at radius 3 is 2.67 bits per heavy atom. The summed E-state index contributed by atoms with van der Waals surface area (Å²) in [6.07, 6.45) is 0. The highest BCUT2D eigenvalue weighted by atomic mass is 32.1. The number of aromatic hydroxyl groups is 1. The zero-order valence-corrected chi connectivity index (χ0v) is 12.0. The molecule has 0 fully saturated rings. The molecular weight excluding hydrogens is 291 g/mol. The van der Waals surface area contributed by atoms with Gasteiger partial charge in [0.05, 0.1) is 5.69 Å². The third-order valence-electron chi connectivity index (χ3n) is 3.05. The number of amides is 1. The van der Waals surface area contributed by atoms with Gasteiger partial charge in [0, 0.05) is 16.7 Å². The molecule has 108 valence electrons. The molecule has 0 radical (unpaired) electrons. The third-order valence-corrected chi connectivity index (χ3v) is 3.27. The van der Waals surface area contributed by atoms with Crippen LogP contribution in [-0.4, -0.2) is 16.0 Å². The lowest BCUT2D eigenvalue weighted by Crippen LogP contribution is -2.18. The largest absolute Gasteiger partial charge is 0.508 e. The molecule has 2 aromatic rings. The molecule has 2 aromatic carbocycles. The van der Waals surface area contributed by atoms with Crippen LogP contribution >= 0.6 is 12.2 Å². The van der Waals surface area contributed by atoms with Crippen LogP contribution in [0.4, 0.5) is 10.1 Å². The van der Waals surface area contributed by atoms with Gasteiger partial charge in [0.15, 0.2) is 0 Å². The van der Waals surface area contributed by atoms with Crippen molar-refractivity contribution in [3.63, 3.8) is 0 Å². The SMILES string of the molecule is Cc1c(O)cccc1C(=O)Nc1ccc(F)cc1C(N)=S. The van der Waals surface area contributed by atoms with Crippen molar-refractivity contribution in [1.82, 2.24) is 0 Å². The van der Waals surface area contributed by atoms with Gasteiger partial charge < -0.3 is 16.2 Å². The van der Waals surface area contributed by atoms with Gasteiger partial charge >= 0.3 is 0 Å². The highest BCUT2D eigenvalue weighted by Crippen LogP contribution is 2.22. The van der Waals surface area contributed by atoms with E-state index < -0.39 is 11.7 Å². The Kier molecular flexibility index (Phi) is 4.18. The molecular formula is C15H13FN2O2S. The van der Waals surface area contributed by atoms with Gasteiger partial charge in [-0.1, -0.05) is 18.3 Å².